The smallest absolute Gasteiger partial charge is 0.366 e. The van der Waals surface area contributed by atoms with Crippen LogP contribution in [0.5, 0.6) is 0 Å². The van der Waals surface area contributed by atoms with E-state index in [-0.39, 0.29) is 6.29 Å². The van der Waals surface area contributed by atoms with E-state index in [1.807, 2.05) is 0 Å². The average Bonchev–Trinajstić information content (AvgIpc) is 2.61. The van der Waals surface area contributed by atoms with E-state index in [1.165, 1.54) is 21.3 Å². The highest BCUT2D eigenvalue weighted by Gasteiger charge is 2.48. The van der Waals surface area contributed by atoms with Gasteiger partial charge in [-0.1, -0.05) is 0 Å². The lowest BCUT2D eigenvalue weighted by atomic mass is 10.2. The first kappa shape index (κ1) is 10.4. The van der Waals surface area contributed by atoms with Crippen molar-refractivity contribution in [3.05, 3.63) is 0 Å². The van der Waals surface area contributed by atoms with E-state index >= 15 is 0 Å². The number of methoxy groups -OCH3 is 3. The third-order valence-corrected chi connectivity index (χ3v) is 2.12. The van der Waals surface area contributed by atoms with Crippen molar-refractivity contribution in [1.29, 1.82) is 0 Å². The Balaban J connectivity index is 2.67. The van der Waals surface area contributed by atoms with Gasteiger partial charge >= 0.3 is 5.97 Å². The van der Waals surface area contributed by atoms with Gasteiger partial charge in [0, 0.05) is 27.1 Å². The molecule has 2 atom stereocenters. The Morgan fingerprint density at radius 3 is 2.54 bits per heavy atom. The van der Waals surface area contributed by atoms with Crippen molar-refractivity contribution in [3.63, 3.8) is 0 Å². The highest BCUT2D eigenvalue weighted by Crippen LogP contribution is 2.32. The number of ether oxygens (including phenoxy) is 4. The van der Waals surface area contributed by atoms with Gasteiger partial charge in [-0.05, 0) is 0 Å². The molecule has 0 spiro atoms. The molecule has 1 fully saturated rings. The highest BCUT2D eigenvalue weighted by atomic mass is 16.8. The van der Waals surface area contributed by atoms with E-state index in [1.54, 1.807) is 0 Å². The monoisotopic (exact) mass is 190 g/mol. The molecule has 0 N–H and O–H groups in total. The molecule has 1 aliphatic heterocycles. The van der Waals surface area contributed by atoms with Gasteiger partial charge in [0.15, 0.2) is 6.29 Å². The molecule has 1 aliphatic rings. The largest absolute Gasteiger partial charge is 0.465 e. The number of hydrogen-bond donors (Lipinski definition) is 0. The molecule has 1 rings (SSSR count). The van der Waals surface area contributed by atoms with Crippen LogP contribution in [0.2, 0.25) is 0 Å². The van der Waals surface area contributed by atoms with Crippen LogP contribution in [0, 0.1) is 0 Å². The van der Waals surface area contributed by atoms with Gasteiger partial charge in [-0.3, -0.25) is 0 Å². The van der Waals surface area contributed by atoms with Crippen molar-refractivity contribution in [2.45, 2.75) is 24.9 Å². The summed E-state index contributed by atoms with van der Waals surface area (Å²) in [5.74, 6) is -1.79. The molecule has 0 amide bonds. The zero-order chi connectivity index (χ0) is 9.90. The molecule has 0 aromatic heterocycles. The maximum atomic E-state index is 11.3. The Morgan fingerprint density at radius 1 is 1.46 bits per heavy atom. The molecule has 0 aromatic rings. The predicted molar refractivity (Wildman–Crippen MR) is 42.9 cm³/mol. The lowest BCUT2D eigenvalue weighted by Gasteiger charge is -2.23. The van der Waals surface area contributed by atoms with Crippen molar-refractivity contribution in [2.75, 3.05) is 21.3 Å². The Morgan fingerprint density at radius 2 is 2.15 bits per heavy atom. The van der Waals surface area contributed by atoms with E-state index < -0.39 is 11.8 Å². The minimum Gasteiger partial charge on any atom is -0.465 e. The molecule has 5 nitrogen and oxygen atoms in total. The van der Waals surface area contributed by atoms with E-state index in [0.717, 1.165) is 0 Å². The summed E-state index contributed by atoms with van der Waals surface area (Å²) in [6.07, 6.45) is 0.688. The second kappa shape index (κ2) is 4.04. The second-order valence-electron chi connectivity index (χ2n) is 2.77. The molecular formula is C8H14O5. The molecule has 0 radical (unpaired) electrons. The predicted octanol–water partition coefficient (Wildman–Crippen LogP) is 0.285. The Labute approximate surface area is 76.9 Å². The molecule has 13 heavy (non-hydrogen) atoms. The van der Waals surface area contributed by atoms with Crippen molar-refractivity contribution < 1.29 is 23.7 Å². The van der Waals surface area contributed by atoms with E-state index in [0.29, 0.717) is 12.8 Å². The maximum absolute atomic E-state index is 11.3. The molecule has 5 heteroatoms. The van der Waals surface area contributed by atoms with Gasteiger partial charge in [-0.2, -0.15) is 0 Å². The van der Waals surface area contributed by atoms with Gasteiger partial charge in [0.1, 0.15) is 0 Å². The minimum atomic E-state index is -1.27. The fourth-order valence-corrected chi connectivity index (χ4v) is 1.34. The minimum absolute atomic E-state index is 0.390. The van der Waals surface area contributed by atoms with Crippen LogP contribution in [-0.2, 0) is 23.7 Å². The van der Waals surface area contributed by atoms with Gasteiger partial charge in [-0.25, -0.2) is 4.79 Å². The summed E-state index contributed by atoms with van der Waals surface area (Å²) in [6.45, 7) is 0. The normalized spacial score (nSPS) is 33.3. The Bertz CT molecular complexity index is 193. The summed E-state index contributed by atoms with van der Waals surface area (Å²) in [4.78, 5) is 11.3. The van der Waals surface area contributed by atoms with Crippen molar-refractivity contribution in [2.24, 2.45) is 0 Å². The van der Waals surface area contributed by atoms with Crippen LogP contribution in [0.25, 0.3) is 0 Å². The van der Waals surface area contributed by atoms with E-state index in [9.17, 15) is 4.79 Å². The molecule has 0 aromatic carbocycles. The summed E-state index contributed by atoms with van der Waals surface area (Å²) in [5, 5.41) is 0. The summed E-state index contributed by atoms with van der Waals surface area (Å²) < 4.78 is 19.8. The van der Waals surface area contributed by atoms with Gasteiger partial charge in [-0.15, -0.1) is 0 Å². The molecule has 0 aliphatic carbocycles. The van der Waals surface area contributed by atoms with Gasteiger partial charge in [0.2, 0.25) is 0 Å². The average molecular weight is 190 g/mol. The molecular weight excluding hydrogens is 176 g/mol. The number of esters is 1. The second-order valence-corrected chi connectivity index (χ2v) is 2.77. The first-order valence-electron chi connectivity index (χ1n) is 4.02. The zero-order valence-corrected chi connectivity index (χ0v) is 8.03. The van der Waals surface area contributed by atoms with Crippen LogP contribution < -0.4 is 0 Å². The molecule has 0 bridgehead atoms. The van der Waals surface area contributed by atoms with Crippen molar-refractivity contribution in [1.82, 2.24) is 0 Å². The topological polar surface area (TPSA) is 54.0 Å². The van der Waals surface area contributed by atoms with Crippen LogP contribution in [0.15, 0.2) is 0 Å². The Hall–Kier alpha value is -0.650. The summed E-state index contributed by atoms with van der Waals surface area (Å²) >= 11 is 0. The molecule has 0 saturated carbocycles. The van der Waals surface area contributed by atoms with Crippen LogP contribution in [0.3, 0.4) is 0 Å². The van der Waals surface area contributed by atoms with Crippen LogP contribution in [0.1, 0.15) is 12.8 Å². The maximum Gasteiger partial charge on any atom is 0.366 e. The zero-order valence-electron chi connectivity index (χ0n) is 8.03. The summed E-state index contributed by atoms with van der Waals surface area (Å²) in [6, 6.07) is 0. The lowest BCUT2D eigenvalue weighted by Crippen LogP contribution is -2.41. The number of carbonyl (C=O) groups is 1. The standard InChI is InChI=1S/C8H14O5/c1-10-6-4-5-8(12-3,13-6)7(9)11-2/h6H,4-5H2,1-3H3. The lowest BCUT2D eigenvalue weighted by molar-refractivity contribution is -0.259. The molecule has 1 heterocycles. The summed E-state index contributed by atoms with van der Waals surface area (Å²) in [5.41, 5.74) is 0. The molecule has 1 saturated heterocycles. The fraction of sp³-hybridized carbons (Fsp3) is 0.875. The van der Waals surface area contributed by atoms with Crippen molar-refractivity contribution >= 4 is 5.97 Å². The summed E-state index contributed by atoms with van der Waals surface area (Å²) in [7, 11) is 4.23. The first-order valence-corrected chi connectivity index (χ1v) is 4.02. The SMILES string of the molecule is COC(=O)C1(OC)CCC(OC)O1. The quantitative estimate of drug-likeness (QED) is 0.598. The van der Waals surface area contributed by atoms with Gasteiger partial charge < -0.3 is 18.9 Å². The van der Waals surface area contributed by atoms with E-state index in [2.05, 4.69) is 4.74 Å². The first-order chi connectivity index (χ1) is 6.18. The van der Waals surface area contributed by atoms with Gasteiger partial charge in [0.05, 0.1) is 7.11 Å². The third-order valence-electron chi connectivity index (χ3n) is 2.12. The molecule has 76 valence electrons. The van der Waals surface area contributed by atoms with E-state index in [4.69, 9.17) is 14.2 Å². The van der Waals surface area contributed by atoms with Crippen molar-refractivity contribution in [3.8, 4) is 0 Å². The van der Waals surface area contributed by atoms with Gasteiger partial charge in [0.25, 0.3) is 5.79 Å². The molecule has 2 unspecified atom stereocenters. The van der Waals surface area contributed by atoms with Crippen LogP contribution in [0.4, 0.5) is 0 Å². The van der Waals surface area contributed by atoms with Crippen LogP contribution in [-0.4, -0.2) is 39.4 Å². The Kier molecular flexibility index (Phi) is 3.24. The fourth-order valence-electron chi connectivity index (χ4n) is 1.34. The number of hydrogen-bond acceptors (Lipinski definition) is 5. The highest BCUT2D eigenvalue weighted by molar-refractivity contribution is 5.78. The third kappa shape index (κ3) is 1.82. The number of rotatable bonds is 3. The van der Waals surface area contributed by atoms with Crippen LogP contribution >= 0.6 is 0 Å². The number of carbonyl (C=O) groups excluding carboxylic acids is 1.